The average Bonchev–Trinajstić information content (AvgIpc) is 3.42. The lowest BCUT2D eigenvalue weighted by atomic mass is 10.0. The number of hydrogen-bond donors (Lipinski definition) is 2. The van der Waals surface area contributed by atoms with Crippen molar-refractivity contribution in [3.63, 3.8) is 0 Å². The molecule has 4 rings (SSSR count). The summed E-state index contributed by atoms with van der Waals surface area (Å²) < 4.78 is 0. The van der Waals surface area contributed by atoms with E-state index in [4.69, 9.17) is 0 Å². The van der Waals surface area contributed by atoms with E-state index in [1.165, 1.54) is 48.3 Å². The van der Waals surface area contributed by atoms with Crippen molar-refractivity contribution < 1.29 is 0 Å². The van der Waals surface area contributed by atoms with Crippen LogP contribution in [-0.4, -0.2) is 50.2 Å². The molecule has 2 atom stereocenters. The first-order valence-electron chi connectivity index (χ1n) is 9.63. The minimum Gasteiger partial charge on any atom is -0.314 e. The average molecular weight is 372 g/mol. The summed E-state index contributed by atoms with van der Waals surface area (Å²) in [4.78, 5) is 2.55. The van der Waals surface area contributed by atoms with Crippen molar-refractivity contribution >= 4 is 12.4 Å². The van der Waals surface area contributed by atoms with Gasteiger partial charge in [-0.25, -0.2) is 0 Å². The predicted octanol–water partition coefficient (Wildman–Crippen LogP) is 3.43. The molecular formula is C22H30ClN3. The van der Waals surface area contributed by atoms with Gasteiger partial charge < -0.3 is 10.6 Å². The molecule has 2 aromatic carbocycles. The smallest absolute Gasteiger partial charge is 0.0143 e. The highest BCUT2D eigenvalue weighted by Crippen LogP contribution is 2.41. The van der Waals surface area contributed by atoms with Crippen LogP contribution >= 0.6 is 12.4 Å². The molecule has 2 fully saturated rings. The lowest BCUT2D eigenvalue weighted by Crippen LogP contribution is -2.46. The van der Waals surface area contributed by atoms with Crippen LogP contribution in [0.2, 0.25) is 0 Å². The quantitative estimate of drug-likeness (QED) is 0.814. The monoisotopic (exact) mass is 371 g/mol. The molecule has 1 unspecified atom stereocenters. The zero-order chi connectivity index (χ0) is 17.1. The van der Waals surface area contributed by atoms with E-state index in [0.29, 0.717) is 12.0 Å². The third-order valence-corrected chi connectivity index (χ3v) is 5.52. The van der Waals surface area contributed by atoms with Crippen LogP contribution in [0.25, 0.3) is 11.1 Å². The summed E-state index contributed by atoms with van der Waals surface area (Å²) >= 11 is 0. The van der Waals surface area contributed by atoms with Crippen LogP contribution < -0.4 is 10.6 Å². The van der Waals surface area contributed by atoms with Crippen LogP contribution in [0.5, 0.6) is 0 Å². The van der Waals surface area contributed by atoms with Gasteiger partial charge in [0.15, 0.2) is 0 Å². The number of nitrogens with one attached hydrogen (secondary N) is 2. The summed E-state index contributed by atoms with van der Waals surface area (Å²) in [6, 6.07) is 18.6. The largest absolute Gasteiger partial charge is 0.314 e. The van der Waals surface area contributed by atoms with Gasteiger partial charge in [0.1, 0.15) is 0 Å². The van der Waals surface area contributed by atoms with E-state index in [2.05, 4.69) is 71.0 Å². The Kier molecular flexibility index (Phi) is 6.71. The number of piperazine rings is 1. The van der Waals surface area contributed by atoms with Crippen LogP contribution in [0.15, 0.2) is 48.5 Å². The standard InChI is InChI=1S/C22H29N3.ClH/c1-17-3-2-4-20(15-17)18-5-7-19(8-6-18)21-16-22(21)24-11-14-25-12-9-23-10-13-25;/h2-8,15,21-24H,9-14,16H2,1H3;1H/t21?,22-;/m0./s1. The highest BCUT2D eigenvalue weighted by molar-refractivity contribution is 5.85. The van der Waals surface area contributed by atoms with Gasteiger partial charge >= 0.3 is 0 Å². The maximum Gasteiger partial charge on any atom is 0.0143 e. The van der Waals surface area contributed by atoms with E-state index in [1.54, 1.807) is 0 Å². The molecule has 0 aromatic heterocycles. The number of benzene rings is 2. The van der Waals surface area contributed by atoms with Crippen LogP contribution in [-0.2, 0) is 0 Å². The number of halogens is 1. The van der Waals surface area contributed by atoms with E-state index in [9.17, 15) is 0 Å². The molecular weight excluding hydrogens is 342 g/mol. The van der Waals surface area contributed by atoms with Crippen molar-refractivity contribution in [2.24, 2.45) is 0 Å². The lowest BCUT2D eigenvalue weighted by Gasteiger charge is -2.27. The third kappa shape index (κ3) is 4.86. The van der Waals surface area contributed by atoms with Gasteiger partial charge in [-0.1, -0.05) is 54.1 Å². The zero-order valence-electron chi connectivity index (χ0n) is 15.6. The Hall–Kier alpha value is -1.39. The second kappa shape index (κ2) is 9.01. The first-order valence-corrected chi connectivity index (χ1v) is 9.63. The molecule has 1 saturated carbocycles. The molecule has 4 heteroatoms. The highest BCUT2D eigenvalue weighted by Gasteiger charge is 2.37. The highest BCUT2D eigenvalue weighted by atomic mass is 35.5. The molecule has 2 aromatic rings. The van der Waals surface area contributed by atoms with Gasteiger partial charge in [-0.3, -0.25) is 4.90 Å². The number of nitrogens with zero attached hydrogens (tertiary/aromatic N) is 1. The molecule has 26 heavy (non-hydrogen) atoms. The van der Waals surface area contributed by atoms with Gasteiger partial charge in [0.25, 0.3) is 0 Å². The SMILES string of the molecule is Cc1cccc(-c2ccc(C3C[C@@H]3NCCN3CCNCC3)cc2)c1.Cl. The molecule has 140 valence electrons. The Morgan fingerprint density at radius 3 is 2.54 bits per heavy atom. The van der Waals surface area contributed by atoms with Gasteiger partial charge in [-0.15, -0.1) is 12.4 Å². The van der Waals surface area contributed by atoms with Crippen LogP contribution in [0, 0.1) is 6.92 Å². The summed E-state index contributed by atoms with van der Waals surface area (Å²) in [7, 11) is 0. The molecule has 0 radical (unpaired) electrons. The molecule has 2 aliphatic rings. The fraction of sp³-hybridized carbons (Fsp3) is 0.455. The van der Waals surface area contributed by atoms with Gasteiger partial charge in [0.05, 0.1) is 0 Å². The predicted molar refractivity (Wildman–Crippen MR) is 112 cm³/mol. The van der Waals surface area contributed by atoms with Crippen molar-refractivity contribution in [2.45, 2.75) is 25.3 Å². The molecule has 1 aliphatic carbocycles. The van der Waals surface area contributed by atoms with Gasteiger partial charge in [0.2, 0.25) is 0 Å². The molecule has 0 amide bonds. The molecule has 1 heterocycles. The third-order valence-electron chi connectivity index (χ3n) is 5.52. The van der Waals surface area contributed by atoms with Crippen molar-refractivity contribution in [2.75, 3.05) is 39.3 Å². The molecule has 1 aliphatic heterocycles. The van der Waals surface area contributed by atoms with E-state index in [0.717, 1.165) is 19.6 Å². The maximum atomic E-state index is 3.74. The topological polar surface area (TPSA) is 27.3 Å². The molecule has 0 bridgehead atoms. The number of aryl methyl sites for hydroxylation is 1. The number of hydrogen-bond acceptors (Lipinski definition) is 3. The summed E-state index contributed by atoms with van der Waals surface area (Å²) in [6.45, 7) is 9.10. The van der Waals surface area contributed by atoms with Gasteiger partial charge in [-0.05, 0) is 30.0 Å². The van der Waals surface area contributed by atoms with E-state index in [1.807, 2.05) is 0 Å². The first-order chi connectivity index (χ1) is 12.3. The normalized spacial score (nSPS) is 22.7. The Balaban J connectivity index is 0.00000196. The fourth-order valence-electron chi connectivity index (χ4n) is 3.88. The van der Waals surface area contributed by atoms with Crippen molar-refractivity contribution in [3.8, 4) is 11.1 Å². The second-order valence-corrected chi connectivity index (χ2v) is 7.49. The Morgan fingerprint density at radius 1 is 1.04 bits per heavy atom. The summed E-state index contributed by atoms with van der Waals surface area (Å²) in [5.74, 6) is 0.703. The summed E-state index contributed by atoms with van der Waals surface area (Å²) in [5, 5.41) is 7.16. The van der Waals surface area contributed by atoms with E-state index < -0.39 is 0 Å². The van der Waals surface area contributed by atoms with Gasteiger partial charge in [-0.2, -0.15) is 0 Å². The Bertz CT molecular complexity index is 695. The number of rotatable bonds is 6. The van der Waals surface area contributed by atoms with Crippen LogP contribution in [0.3, 0.4) is 0 Å². The molecule has 0 spiro atoms. The van der Waals surface area contributed by atoms with Crippen LogP contribution in [0.1, 0.15) is 23.5 Å². The molecule has 1 saturated heterocycles. The van der Waals surface area contributed by atoms with Gasteiger partial charge in [0, 0.05) is 51.2 Å². The Morgan fingerprint density at radius 2 is 1.81 bits per heavy atom. The lowest BCUT2D eigenvalue weighted by molar-refractivity contribution is 0.241. The Labute approximate surface area is 163 Å². The molecule has 2 N–H and O–H groups in total. The van der Waals surface area contributed by atoms with Crippen molar-refractivity contribution in [1.29, 1.82) is 0 Å². The minimum atomic E-state index is 0. The fourth-order valence-corrected chi connectivity index (χ4v) is 3.88. The summed E-state index contributed by atoms with van der Waals surface area (Å²) in [5.41, 5.74) is 5.43. The van der Waals surface area contributed by atoms with E-state index in [-0.39, 0.29) is 12.4 Å². The molecule has 3 nitrogen and oxygen atoms in total. The van der Waals surface area contributed by atoms with Crippen molar-refractivity contribution in [1.82, 2.24) is 15.5 Å². The minimum absolute atomic E-state index is 0. The first kappa shape index (κ1) is 19.4. The second-order valence-electron chi connectivity index (χ2n) is 7.49. The maximum absolute atomic E-state index is 3.74. The summed E-state index contributed by atoms with van der Waals surface area (Å²) in [6.07, 6.45) is 1.28. The van der Waals surface area contributed by atoms with Crippen LogP contribution in [0.4, 0.5) is 0 Å². The van der Waals surface area contributed by atoms with E-state index >= 15 is 0 Å². The zero-order valence-corrected chi connectivity index (χ0v) is 16.4. The van der Waals surface area contributed by atoms with Crippen molar-refractivity contribution in [3.05, 3.63) is 59.7 Å².